The zero-order valence-electron chi connectivity index (χ0n) is 11.7. The lowest BCUT2D eigenvalue weighted by molar-refractivity contribution is 0.0653. The first-order valence-electron chi connectivity index (χ1n) is 6.90. The van der Waals surface area contributed by atoms with Crippen LogP contribution in [0.3, 0.4) is 0 Å². The zero-order valence-corrected chi connectivity index (χ0v) is 12.4. The Kier molecular flexibility index (Phi) is 4.16. The lowest BCUT2D eigenvalue weighted by Crippen LogP contribution is -2.28. The molecule has 3 rings (SSSR count). The summed E-state index contributed by atoms with van der Waals surface area (Å²) in [5.74, 6) is -0.382. The van der Waals surface area contributed by atoms with Gasteiger partial charge in [0.15, 0.2) is 0 Å². The van der Waals surface area contributed by atoms with Crippen molar-refractivity contribution in [1.82, 2.24) is 4.57 Å². The molecule has 2 aromatic carbocycles. The van der Waals surface area contributed by atoms with E-state index in [2.05, 4.69) is 0 Å². The number of hydrogen-bond acceptors (Lipinski definition) is 2. The standard InChI is InChI=1S/C17H15ClFNO2/c18-13-4-5-15-11(8-13)6-7-20(15)17(16(22)10-21)12-2-1-3-14(19)9-12/h1-9,16-17,21-22H,10H2/t16-,17+/m1/s1. The Labute approximate surface area is 132 Å². The second kappa shape index (κ2) is 6.08. The van der Waals surface area contributed by atoms with Gasteiger partial charge in [-0.15, -0.1) is 0 Å². The average molecular weight is 320 g/mol. The fourth-order valence-electron chi connectivity index (χ4n) is 2.74. The SMILES string of the molecule is OC[C@@H](O)[C@H](c1cccc(F)c1)n1ccc2cc(Cl)ccc21. The molecule has 0 saturated heterocycles. The van der Waals surface area contributed by atoms with Crippen molar-refractivity contribution < 1.29 is 14.6 Å². The summed E-state index contributed by atoms with van der Waals surface area (Å²) in [4.78, 5) is 0. The van der Waals surface area contributed by atoms with Gasteiger partial charge in [0.2, 0.25) is 0 Å². The Bertz CT molecular complexity index is 802. The normalized spacial score (nSPS) is 14.2. The monoisotopic (exact) mass is 319 g/mol. The molecule has 1 heterocycles. The van der Waals surface area contributed by atoms with Crippen LogP contribution in [0.15, 0.2) is 54.7 Å². The summed E-state index contributed by atoms with van der Waals surface area (Å²) in [7, 11) is 0. The molecule has 2 atom stereocenters. The molecule has 1 aromatic heterocycles. The smallest absolute Gasteiger partial charge is 0.123 e. The molecule has 0 aliphatic carbocycles. The minimum Gasteiger partial charge on any atom is -0.394 e. The van der Waals surface area contributed by atoms with Gasteiger partial charge >= 0.3 is 0 Å². The van der Waals surface area contributed by atoms with Gasteiger partial charge in [-0.05, 0) is 42.0 Å². The summed E-state index contributed by atoms with van der Waals surface area (Å²) >= 11 is 5.99. The van der Waals surface area contributed by atoms with E-state index in [9.17, 15) is 14.6 Å². The Morgan fingerprint density at radius 3 is 2.68 bits per heavy atom. The number of aliphatic hydroxyl groups excluding tert-OH is 2. The van der Waals surface area contributed by atoms with Crippen molar-refractivity contribution in [1.29, 1.82) is 0 Å². The summed E-state index contributed by atoms with van der Waals surface area (Å²) in [6.45, 7) is -0.422. The molecule has 114 valence electrons. The molecule has 2 N–H and O–H groups in total. The third kappa shape index (κ3) is 2.73. The molecule has 3 aromatic rings. The maximum Gasteiger partial charge on any atom is 0.123 e. The number of aliphatic hydroxyl groups is 2. The van der Waals surface area contributed by atoms with Crippen LogP contribution in [0.2, 0.25) is 5.02 Å². The van der Waals surface area contributed by atoms with Crippen LogP contribution in [0.25, 0.3) is 10.9 Å². The Morgan fingerprint density at radius 2 is 1.95 bits per heavy atom. The fraction of sp³-hybridized carbons (Fsp3) is 0.176. The van der Waals surface area contributed by atoms with E-state index in [1.807, 2.05) is 22.8 Å². The van der Waals surface area contributed by atoms with Crippen LogP contribution in [0.4, 0.5) is 4.39 Å². The van der Waals surface area contributed by atoms with E-state index in [0.29, 0.717) is 10.6 Å². The molecule has 22 heavy (non-hydrogen) atoms. The van der Waals surface area contributed by atoms with E-state index < -0.39 is 18.8 Å². The second-order valence-electron chi connectivity index (χ2n) is 5.18. The van der Waals surface area contributed by atoms with Crippen molar-refractivity contribution in [3.8, 4) is 0 Å². The van der Waals surface area contributed by atoms with E-state index >= 15 is 0 Å². The highest BCUT2D eigenvalue weighted by Crippen LogP contribution is 2.29. The molecular formula is C17H15ClFNO2. The predicted molar refractivity (Wildman–Crippen MR) is 84.6 cm³/mol. The number of aromatic nitrogens is 1. The summed E-state index contributed by atoms with van der Waals surface area (Å²) in [6, 6.07) is 12.7. The summed E-state index contributed by atoms with van der Waals surface area (Å²) in [6.07, 6.45) is 0.753. The molecular weight excluding hydrogens is 305 g/mol. The summed E-state index contributed by atoms with van der Waals surface area (Å²) in [5.41, 5.74) is 1.44. The van der Waals surface area contributed by atoms with Gasteiger partial charge in [-0.3, -0.25) is 0 Å². The van der Waals surface area contributed by atoms with Gasteiger partial charge in [0, 0.05) is 22.1 Å². The highest BCUT2D eigenvalue weighted by atomic mass is 35.5. The minimum absolute atomic E-state index is 0.382. The van der Waals surface area contributed by atoms with Crippen molar-refractivity contribution in [3.63, 3.8) is 0 Å². The van der Waals surface area contributed by atoms with Crippen LogP contribution in [0, 0.1) is 5.82 Å². The molecule has 0 unspecified atom stereocenters. The lowest BCUT2D eigenvalue weighted by atomic mass is 10.0. The highest BCUT2D eigenvalue weighted by Gasteiger charge is 2.24. The van der Waals surface area contributed by atoms with Crippen LogP contribution in [0.5, 0.6) is 0 Å². The quantitative estimate of drug-likeness (QED) is 0.774. The van der Waals surface area contributed by atoms with E-state index in [-0.39, 0.29) is 5.82 Å². The number of benzene rings is 2. The number of halogens is 2. The van der Waals surface area contributed by atoms with Gasteiger partial charge in [-0.2, -0.15) is 0 Å². The van der Waals surface area contributed by atoms with Crippen molar-refractivity contribution in [3.05, 3.63) is 71.1 Å². The first-order valence-corrected chi connectivity index (χ1v) is 7.28. The molecule has 0 spiro atoms. The third-order valence-corrected chi connectivity index (χ3v) is 3.96. The molecule has 0 aliphatic heterocycles. The summed E-state index contributed by atoms with van der Waals surface area (Å²) in [5, 5.41) is 21.1. The molecule has 0 amide bonds. The third-order valence-electron chi connectivity index (χ3n) is 3.72. The first-order chi connectivity index (χ1) is 10.6. The molecule has 0 bridgehead atoms. The van der Waals surface area contributed by atoms with Gasteiger partial charge in [0.25, 0.3) is 0 Å². The van der Waals surface area contributed by atoms with Crippen LogP contribution in [-0.2, 0) is 0 Å². The number of fused-ring (bicyclic) bond motifs is 1. The largest absolute Gasteiger partial charge is 0.394 e. The van der Waals surface area contributed by atoms with Crippen LogP contribution in [0.1, 0.15) is 11.6 Å². The maximum absolute atomic E-state index is 13.5. The average Bonchev–Trinajstić information content (AvgIpc) is 2.90. The first kappa shape index (κ1) is 15.0. The second-order valence-corrected chi connectivity index (χ2v) is 5.61. The van der Waals surface area contributed by atoms with Crippen LogP contribution in [-0.4, -0.2) is 27.5 Å². The van der Waals surface area contributed by atoms with Gasteiger partial charge < -0.3 is 14.8 Å². The Balaban J connectivity index is 2.16. The fourth-order valence-corrected chi connectivity index (χ4v) is 2.92. The minimum atomic E-state index is -1.05. The molecule has 3 nitrogen and oxygen atoms in total. The Hall–Kier alpha value is -1.88. The molecule has 0 fully saturated rings. The van der Waals surface area contributed by atoms with Crippen molar-refractivity contribution in [2.75, 3.05) is 6.61 Å². The molecule has 0 saturated carbocycles. The van der Waals surface area contributed by atoms with E-state index in [0.717, 1.165) is 10.9 Å². The van der Waals surface area contributed by atoms with Crippen molar-refractivity contribution in [2.45, 2.75) is 12.1 Å². The molecule has 0 aliphatic rings. The lowest BCUT2D eigenvalue weighted by Gasteiger charge is -2.25. The van der Waals surface area contributed by atoms with E-state index in [4.69, 9.17) is 11.6 Å². The number of nitrogens with zero attached hydrogens (tertiary/aromatic N) is 1. The maximum atomic E-state index is 13.5. The van der Waals surface area contributed by atoms with Gasteiger partial charge in [-0.25, -0.2) is 4.39 Å². The topological polar surface area (TPSA) is 45.4 Å². The van der Waals surface area contributed by atoms with E-state index in [1.54, 1.807) is 24.4 Å². The molecule has 0 radical (unpaired) electrons. The van der Waals surface area contributed by atoms with Gasteiger partial charge in [-0.1, -0.05) is 23.7 Å². The van der Waals surface area contributed by atoms with Crippen molar-refractivity contribution >= 4 is 22.5 Å². The van der Waals surface area contributed by atoms with Gasteiger partial charge in [0.1, 0.15) is 11.9 Å². The Morgan fingerprint density at radius 1 is 1.14 bits per heavy atom. The number of rotatable bonds is 4. The van der Waals surface area contributed by atoms with Crippen LogP contribution >= 0.6 is 11.6 Å². The van der Waals surface area contributed by atoms with Gasteiger partial charge in [0.05, 0.1) is 12.6 Å². The summed E-state index contributed by atoms with van der Waals surface area (Å²) < 4.78 is 15.4. The predicted octanol–water partition coefficient (Wildman–Crippen LogP) is 3.38. The number of hydrogen-bond donors (Lipinski definition) is 2. The van der Waals surface area contributed by atoms with Crippen molar-refractivity contribution in [2.24, 2.45) is 0 Å². The highest BCUT2D eigenvalue weighted by molar-refractivity contribution is 6.31. The molecule has 5 heteroatoms. The van der Waals surface area contributed by atoms with Crippen LogP contribution < -0.4 is 0 Å². The van der Waals surface area contributed by atoms with E-state index in [1.165, 1.54) is 12.1 Å². The zero-order chi connectivity index (χ0) is 15.7.